The summed E-state index contributed by atoms with van der Waals surface area (Å²) in [6.45, 7) is 1.41. The van der Waals surface area contributed by atoms with Gasteiger partial charge in [-0.1, -0.05) is 16.9 Å². The van der Waals surface area contributed by atoms with Gasteiger partial charge in [-0.15, -0.1) is 12.4 Å². The molecule has 0 spiro atoms. The van der Waals surface area contributed by atoms with Crippen molar-refractivity contribution >= 4 is 46.6 Å². The van der Waals surface area contributed by atoms with Gasteiger partial charge in [-0.3, -0.25) is 0 Å². The summed E-state index contributed by atoms with van der Waals surface area (Å²) in [7, 11) is 3.41. The van der Waals surface area contributed by atoms with Crippen molar-refractivity contribution in [1.82, 2.24) is 4.98 Å². The third-order valence-electron chi connectivity index (χ3n) is 1.11. The van der Waals surface area contributed by atoms with Crippen molar-refractivity contribution in [2.24, 2.45) is 11.5 Å². The molecule has 0 fully saturated rings. The normalized spacial score (nSPS) is 8.69. The fraction of sp³-hybridized carbons (Fsp3) is 0.444. The predicted molar refractivity (Wildman–Crippen MR) is 81.8 cm³/mol. The van der Waals surface area contributed by atoms with Crippen LogP contribution < -0.4 is 11.5 Å². The van der Waals surface area contributed by atoms with E-state index in [1.807, 2.05) is 18.2 Å². The highest BCUT2D eigenvalue weighted by Gasteiger charge is 1.92. The van der Waals surface area contributed by atoms with E-state index in [1.54, 1.807) is 27.8 Å². The average Bonchev–Trinajstić information content (AvgIpc) is 2.31. The SMILES string of the molecule is Cl.NCCS.NCCSSc1ccccn1. The molecule has 16 heavy (non-hydrogen) atoms. The van der Waals surface area contributed by atoms with Crippen molar-refractivity contribution in [2.75, 3.05) is 24.6 Å². The molecule has 0 atom stereocenters. The number of hydrogen-bond acceptors (Lipinski definition) is 6. The molecule has 1 aromatic heterocycles. The Kier molecular flexibility index (Phi) is 18.1. The Morgan fingerprint density at radius 2 is 1.94 bits per heavy atom. The predicted octanol–water partition coefficient (Wildman–Crippen LogP) is 2.08. The molecule has 0 saturated carbocycles. The van der Waals surface area contributed by atoms with Gasteiger partial charge in [0.05, 0.1) is 0 Å². The molecular weight excluding hydrogens is 282 g/mol. The summed E-state index contributed by atoms with van der Waals surface area (Å²) in [6.07, 6.45) is 1.80. The van der Waals surface area contributed by atoms with Gasteiger partial charge in [0.25, 0.3) is 0 Å². The molecule has 0 saturated heterocycles. The first-order valence-electron chi connectivity index (χ1n) is 4.56. The molecule has 1 aromatic rings. The fourth-order valence-corrected chi connectivity index (χ4v) is 2.28. The number of pyridine rings is 1. The first-order valence-corrected chi connectivity index (χ1v) is 7.51. The second kappa shape index (κ2) is 15.4. The van der Waals surface area contributed by atoms with E-state index < -0.39 is 0 Å². The van der Waals surface area contributed by atoms with Crippen molar-refractivity contribution < 1.29 is 0 Å². The van der Waals surface area contributed by atoms with E-state index in [1.165, 1.54) is 0 Å². The van der Waals surface area contributed by atoms with Crippen LogP contribution in [-0.4, -0.2) is 29.6 Å². The first kappa shape index (κ1) is 18.8. The van der Waals surface area contributed by atoms with Crippen LogP contribution >= 0.6 is 46.6 Å². The second-order valence-corrected chi connectivity index (χ2v) is 5.26. The van der Waals surface area contributed by atoms with E-state index in [-0.39, 0.29) is 12.4 Å². The summed E-state index contributed by atoms with van der Waals surface area (Å²) in [4.78, 5) is 4.15. The monoisotopic (exact) mass is 299 g/mol. The van der Waals surface area contributed by atoms with Crippen LogP contribution in [0.3, 0.4) is 0 Å². The molecule has 0 aliphatic carbocycles. The molecule has 0 aliphatic heterocycles. The van der Waals surface area contributed by atoms with Crippen LogP contribution in [0, 0.1) is 0 Å². The molecule has 0 aliphatic rings. The van der Waals surface area contributed by atoms with Gasteiger partial charge in [0.15, 0.2) is 0 Å². The number of halogens is 1. The van der Waals surface area contributed by atoms with E-state index in [9.17, 15) is 0 Å². The summed E-state index contributed by atoms with van der Waals surface area (Å²) in [5.41, 5.74) is 10.3. The summed E-state index contributed by atoms with van der Waals surface area (Å²) in [5, 5.41) is 1.05. The Hall–Kier alpha value is 0.410. The second-order valence-electron chi connectivity index (χ2n) is 2.37. The number of aromatic nitrogens is 1. The maximum absolute atomic E-state index is 5.34. The van der Waals surface area contributed by atoms with E-state index in [2.05, 4.69) is 17.6 Å². The topological polar surface area (TPSA) is 64.9 Å². The van der Waals surface area contributed by atoms with Gasteiger partial charge in [-0.2, -0.15) is 12.6 Å². The van der Waals surface area contributed by atoms with Crippen molar-refractivity contribution in [2.45, 2.75) is 5.03 Å². The minimum atomic E-state index is 0. The summed E-state index contributed by atoms with van der Waals surface area (Å²) >= 11 is 3.80. The fourth-order valence-electron chi connectivity index (χ4n) is 0.547. The Balaban J connectivity index is 0. The lowest BCUT2D eigenvalue weighted by atomic mass is 10.5. The lowest BCUT2D eigenvalue weighted by Gasteiger charge is -1.96. The van der Waals surface area contributed by atoms with Crippen LogP contribution in [0.15, 0.2) is 29.4 Å². The lowest BCUT2D eigenvalue weighted by Crippen LogP contribution is -1.99. The van der Waals surface area contributed by atoms with Gasteiger partial charge in [0.2, 0.25) is 0 Å². The quantitative estimate of drug-likeness (QED) is 0.441. The van der Waals surface area contributed by atoms with Gasteiger partial charge in [-0.05, 0) is 22.9 Å². The number of hydrogen-bond donors (Lipinski definition) is 3. The Morgan fingerprint density at radius 3 is 2.38 bits per heavy atom. The van der Waals surface area contributed by atoms with E-state index >= 15 is 0 Å². The maximum Gasteiger partial charge on any atom is 0.106 e. The van der Waals surface area contributed by atoms with Crippen LogP contribution in [0.1, 0.15) is 0 Å². The lowest BCUT2D eigenvalue weighted by molar-refractivity contribution is 1.14. The average molecular weight is 300 g/mol. The summed E-state index contributed by atoms with van der Waals surface area (Å²) in [5.74, 6) is 1.77. The Labute approximate surface area is 117 Å². The molecule has 0 radical (unpaired) electrons. The number of rotatable bonds is 5. The van der Waals surface area contributed by atoms with Crippen molar-refractivity contribution in [1.29, 1.82) is 0 Å². The van der Waals surface area contributed by atoms with E-state index in [0.717, 1.165) is 23.1 Å². The first-order chi connectivity index (χ1) is 7.35. The van der Waals surface area contributed by atoms with Crippen LogP contribution in [0.5, 0.6) is 0 Å². The molecule has 4 N–H and O–H groups in total. The highest BCUT2D eigenvalue weighted by molar-refractivity contribution is 8.76. The van der Waals surface area contributed by atoms with Crippen molar-refractivity contribution in [3.05, 3.63) is 24.4 Å². The van der Waals surface area contributed by atoms with E-state index in [4.69, 9.17) is 11.5 Å². The number of nitrogens with zero attached hydrogens (tertiary/aromatic N) is 1. The third kappa shape index (κ3) is 12.5. The molecule has 3 nitrogen and oxygen atoms in total. The van der Waals surface area contributed by atoms with Crippen molar-refractivity contribution in [3.8, 4) is 0 Å². The van der Waals surface area contributed by atoms with E-state index in [0.29, 0.717) is 6.54 Å². The molecular formula is C9H18ClN3S3. The zero-order valence-electron chi connectivity index (χ0n) is 8.91. The zero-order chi connectivity index (χ0) is 11.4. The van der Waals surface area contributed by atoms with Gasteiger partial charge < -0.3 is 11.5 Å². The van der Waals surface area contributed by atoms with Crippen LogP contribution in [-0.2, 0) is 0 Å². The van der Waals surface area contributed by atoms with Crippen LogP contribution in [0.25, 0.3) is 0 Å². The van der Waals surface area contributed by atoms with Gasteiger partial charge in [0.1, 0.15) is 5.03 Å². The van der Waals surface area contributed by atoms with Gasteiger partial charge in [0, 0.05) is 30.8 Å². The molecule has 1 heterocycles. The minimum Gasteiger partial charge on any atom is -0.330 e. The van der Waals surface area contributed by atoms with Gasteiger partial charge >= 0.3 is 0 Å². The Bertz CT molecular complexity index is 224. The Morgan fingerprint density at radius 1 is 1.25 bits per heavy atom. The van der Waals surface area contributed by atoms with Gasteiger partial charge in [-0.25, -0.2) is 4.98 Å². The zero-order valence-corrected chi connectivity index (χ0v) is 12.3. The molecule has 0 bridgehead atoms. The largest absolute Gasteiger partial charge is 0.330 e. The molecule has 1 rings (SSSR count). The standard InChI is InChI=1S/C7H10N2S2.C2H7NS.ClH/c8-4-6-10-11-7-3-1-2-5-9-7;3-1-2-4;/h1-3,5H,4,6,8H2;4H,1-3H2;1H. The molecule has 94 valence electrons. The third-order valence-corrected chi connectivity index (χ3v) is 3.67. The highest BCUT2D eigenvalue weighted by Crippen LogP contribution is 2.27. The molecule has 0 amide bonds. The summed E-state index contributed by atoms with van der Waals surface area (Å²) < 4.78 is 0. The van der Waals surface area contributed by atoms with Crippen molar-refractivity contribution in [3.63, 3.8) is 0 Å². The molecule has 7 heteroatoms. The summed E-state index contributed by atoms with van der Waals surface area (Å²) in [6, 6.07) is 5.89. The smallest absolute Gasteiger partial charge is 0.106 e. The molecule has 0 aromatic carbocycles. The highest BCUT2D eigenvalue weighted by atomic mass is 35.5. The minimum absolute atomic E-state index is 0. The number of thiol groups is 1. The van der Waals surface area contributed by atoms with Crippen LogP contribution in [0.4, 0.5) is 0 Å². The molecule has 0 unspecified atom stereocenters. The van der Waals surface area contributed by atoms with Crippen LogP contribution in [0.2, 0.25) is 0 Å². The maximum atomic E-state index is 5.34. The number of nitrogens with two attached hydrogens (primary N) is 2.